The number of hydrogen-bond donors (Lipinski definition) is 1. The summed E-state index contributed by atoms with van der Waals surface area (Å²) in [4.78, 5) is 20.2. The molecule has 3 rings (SSSR count). The minimum absolute atomic E-state index is 0.0866. The van der Waals surface area contributed by atoms with Gasteiger partial charge in [0, 0.05) is 17.9 Å². The van der Waals surface area contributed by atoms with Crippen LogP contribution in [0.3, 0.4) is 0 Å². The molecule has 130 valence electrons. The first kappa shape index (κ1) is 17.1. The molecule has 10 heteroatoms. The van der Waals surface area contributed by atoms with Gasteiger partial charge in [0.25, 0.3) is 5.91 Å². The van der Waals surface area contributed by atoms with Gasteiger partial charge in [-0.1, -0.05) is 17.3 Å². The summed E-state index contributed by atoms with van der Waals surface area (Å²) in [7, 11) is 0. The fourth-order valence-electron chi connectivity index (χ4n) is 1.98. The highest BCUT2D eigenvalue weighted by Gasteiger charge is 2.30. The van der Waals surface area contributed by atoms with Gasteiger partial charge in [0.05, 0.1) is 12.1 Å². The molecule has 2 heterocycles. The topological polar surface area (TPSA) is 80.9 Å². The molecule has 1 amide bonds. The molecule has 6 nitrogen and oxygen atoms in total. The number of benzene rings is 1. The molecule has 3 aromatic rings. The number of carbonyl (C=O) groups is 1. The van der Waals surface area contributed by atoms with E-state index in [2.05, 4.69) is 20.4 Å². The molecule has 25 heavy (non-hydrogen) atoms. The van der Waals surface area contributed by atoms with Crippen LogP contribution in [0.15, 0.2) is 34.2 Å². The largest absolute Gasteiger partial charge is 0.416 e. The van der Waals surface area contributed by atoms with Gasteiger partial charge in [0.15, 0.2) is 5.82 Å². The lowest BCUT2D eigenvalue weighted by atomic mass is 10.1. The molecular weight excluding hydrogens is 357 g/mol. The number of aryl methyl sites for hydroxylation is 1. The van der Waals surface area contributed by atoms with Crippen molar-refractivity contribution in [3.63, 3.8) is 0 Å². The Morgan fingerprint density at radius 1 is 1.24 bits per heavy atom. The quantitative estimate of drug-likeness (QED) is 0.763. The summed E-state index contributed by atoms with van der Waals surface area (Å²) >= 11 is 1.17. The number of carbonyl (C=O) groups excluding carboxylic acids is 1. The fourth-order valence-corrected chi connectivity index (χ4v) is 2.78. The number of thiazole rings is 1. The van der Waals surface area contributed by atoms with Gasteiger partial charge in [0.2, 0.25) is 5.89 Å². The van der Waals surface area contributed by atoms with E-state index in [0.29, 0.717) is 22.3 Å². The highest BCUT2D eigenvalue weighted by atomic mass is 32.1. The van der Waals surface area contributed by atoms with Gasteiger partial charge >= 0.3 is 6.18 Å². The van der Waals surface area contributed by atoms with E-state index in [1.807, 2.05) is 0 Å². The van der Waals surface area contributed by atoms with Gasteiger partial charge in [-0.2, -0.15) is 18.2 Å². The monoisotopic (exact) mass is 368 g/mol. The third-order valence-electron chi connectivity index (χ3n) is 3.17. The van der Waals surface area contributed by atoms with Gasteiger partial charge in [0.1, 0.15) is 10.7 Å². The molecule has 0 fully saturated rings. The second-order valence-corrected chi connectivity index (χ2v) is 5.88. The maximum Gasteiger partial charge on any atom is 0.416 e. The second kappa shape index (κ2) is 6.63. The Morgan fingerprint density at radius 3 is 2.56 bits per heavy atom. The molecule has 0 aliphatic heterocycles. The Morgan fingerprint density at radius 2 is 1.96 bits per heavy atom. The molecule has 0 radical (unpaired) electrons. The van der Waals surface area contributed by atoms with Crippen molar-refractivity contribution < 1.29 is 22.5 Å². The van der Waals surface area contributed by atoms with Crippen molar-refractivity contribution in [2.75, 3.05) is 0 Å². The summed E-state index contributed by atoms with van der Waals surface area (Å²) in [6.45, 7) is 1.72. The Kier molecular flexibility index (Phi) is 4.53. The molecule has 0 spiro atoms. The summed E-state index contributed by atoms with van der Waals surface area (Å²) in [6.07, 6.45) is -4.39. The number of alkyl halides is 3. The number of nitrogens with one attached hydrogen (secondary N) is 1. The lowest BCUT2D eigenvalue weighted by molar-refractivity contribution is -0.137. The highest BCUT2D eigenvalue weighted by Crippen LogP contribution is 2.31. The van der Waals surface area contributed by atoms with Crippen LogP contribution in [0, 0.1) is 6.92 Å². The van der Waals surface area contributed by atoms with Gasteiger partial charge in [-0.25, -0.2) is 4.98 Å². The van der Waals surface area contributed by atoms with E-state index < -0.39 is 17.6 Å². The van der Waals surface area contributed by atoms with Crippen molar-refractivity contribution in [3.8, 4) is 10.6 Å². The molecule has 0 unspecified atom stereocenters. The molecule has 0 aliphatic rings. The van der Waals surface area contributed by atoms with E-state index in [1.54, 1.807) is 6.92 Å². The van der Waals surface area contributed by atoms with E-state index in [1.165, 1.54) is 28.8 Å². The zero-order valence-corrected chi connectivity index (χ0v) is 13.6. The van der Waals surface area contributed by atoms with Crippen molar-refractivity contribution in [2.45, 2.75) is 19.6 Å². The Bertz CT molecular complexity index is 887. The van der Waals surface area contributed by atoms with Crippen LogP contribution in [0.1, 0.15) is 27.8 Å². The van der Waals surface area contributed by atoms with E-state index in [-0.39, 0.29) is 12.2 Å². The zero-order chi connectivity index (χ0) is 18.0. The Labute approximate surface area is 143 Å². The summed E-state index contributed by atoms with van der Waals surface area (Å²) in [5.74, 6) is 0.295. The molecule has 0 bridgehead atoms. The third kappa shape index (κ3) is 4.02. The first-order chi connectivity index (χ1) is 11.8. The van der Waals surface area contributed by atoms with Gasteiger partial charge in [-0.3, -0.25) is 4.79 Å². The standard InChI is InChI=1S/C15H11F3N4O2S/c1-8-20-12(22-24-8)6-19-13(23)11-7-25-14(21-11)9-2-4-10(5-3-9)15(16,17)18/h2-5,7H,6H2,1H3,(H,19,23). The minimum Gasteiger partial charge on any atom is -0.343 e. The predicted molar refractivity (Wildman–Crippen MR) is 82.8 cm³/mol. The lowest BCUT2D eigenvalue weighted by Crippen LogP contribution is -2.23. The first-order valence-corrected chi connectivity index (χ1v) is 7.91. The number of amides is 1. The van der Waals surface area contributed by atoms with E-state index in [4.69, 9.17) is 4.52 Å². The van der Waals surface area contributed by atoms with Crippen LogP contribution < -0.4 is 5.32 Å². The van der Waals surface area contributed by atoms with Gasteiger partial charge in [-0.05, 0) is 12.1 Å². The number of halogens is 3. The van der Waals surface area contributed by atoms with E-state index >= 15 is 0 Å². The summed E-state index contributed by atoms with van der Waals surface area (Å²) in [6, 6.07) is 4.61. The molecule has 1 N–H and O–H groups in total. The highest BCUT2D eigenvalue weighted by molar-refractivity contribution is 7.13. The summed E-state index contributed by atoms with van der Waals surface area (Å²) in [5, 5.41) is 8.23. The molecule has 0 saturated heterocycles. The average molecular weight is 368 g/mol. The van der Waals surface area contributed by atoms with Crippen LogP contribution in [0.4, 0.5) is 13.2 Å². The number of aromatic nitrogens is 3. The van der Waals surface area contributed by atoms with Crippen LogP contribution in [-0.4, -0.2) is 21.0 Å². The molecular formula is C15H11F3N4O2S. The normalized spacial score (nSPS) is 11.5. The SMILES string of the molecule is Cc1nc(CNC(=O)c2csc(-c3ccc(C(F)(F)F)cc3)n2)no1. The smallest absolute Gasteiger partial charge is 0.343 e. The third-order valence-corrected chi connectivity index (χ3v) is 4.06. The van der Waals surface area contributed by atoms with Crippen LogP contribution in [0.2, 0.25) is 0 Å². The van der Waals surface area contributed by atoms with Crippen LogP contribution in [0.25, 0.3) is 10.6 Å². The fraction of sp³-hybridized carbons (Fsp3) is 0.200. The molecule has 0 atom stereocenters. The first-order valence-electron chi connectivity index (χ1n) is 7.03. The summed E-state index contributed by atoms with van der Waals surface area (Å²) in [5.41, 5.74) is -0.0628. The van der Waals surface area contributed by atoms with Crippen molar-refractivity contribution in [3.05, 3.63) is 52.6 Å². The minimum atomic E-state index is -4.39. The van der Waals surface area contributed by atoms with Crippen molar-refractivity contribution >= 4 is 17.2 Å². The molecule has 0 aliphatic carbocycles. The molecule has 2 aromatic heterocycles. The van der Waals surface area contributed by atoms with Crippen LogP contribution >= 0.6 is 11.3 Å². The average Bonchev–Trinajstić information content (AvgIpc) is 3.21. The Balaban J connectivity index is 1.68. The predicted octanol–water partition coefficient (Wildman–Crippen LogP) is 3.45. The molecule has 1 aromatic carbocycles. The second-order valence-electron chi connectivity index (χ2n) is 5.03. The van der Waals surface area contributed by atoms with Crippen molar-refractivity contribution in [1.82, 2.24) is 20.4 Å². The van der Waals surface area contributed by atoms with Crippen LogP contribution in [0.5, 0.6) is 0 Å². The van der Waals surface area contributed by atoms with E-state index in [0.717, 1.165) is 12.1 Å². The maximum absolute atomic E-state index is 12.6. The maximum atomic E-state index is 12.6. The van der Waals surface area contributed by atoms with Crippen molar-refractivity contribution in [2.24, 2.45) is 0 Å². The molecule has 0 saturated carbocycles. The van der Waals surface area contributed by atoms with Gasteiger partial charge in [-0.15, -0.1) is 11.3 Å². The summed E-state index contributed by atoms with van der Waals surface area (Å²) < 4.78 is 42.5. The van der Waals surface area contributed by atoms with E-state index in [9.17, 15) is 18.0 Å². The number of hydrogen-bond acceptors (Lipinski definition) is 6. The van der Waals surface area contributed by atoms with Gasteiger partial charge < -0.3 is 9.84 Å². The number of rotatable bonds is 4. The number of nitrogens with zero attached hydrogens (tertiary/aromatic N) is 3. The zero-order valence-electron chi connectivity index (χ0n) is 12.8. The lowest BCUT2D eigenvalue weighted by Gasteiger charge is -2.06. The van der Waals surface area contributed by atoms with Crippen molar-refractivity contribution in [1.29, 1.82) is 0 Å². The Hall–Kier alpha value is -2.75. The van der Waals surface area contributed by atoms with Crippen LogP contribution in [-0.2, 0) is 12.7 Å².